The average Bonchev–Trinajstić information content (AvgIpc) is 3.22. The van der Waals surface area contributed by atoms with E-state index in [9.17, 15) is 9.18 Å². The van der Waals surface area contributed by atoms with Crippen molar-refractivity contribution < 1.29 is 9.18 Å². The second-order valence-corrected chi connectivity index (χ2v) is 7.74. The Morgan fingerprint density at radius 2 is 2.00 bits per heavy atom. The van der Waals surface area contributed by atoms with Gasteiger partial charge in [0.15, 0.2) is 0 Å². The Labute approximate surface area is 179 Å². The Bertz CT molecular complexity index is 1010. The first-order valence-corrected chi connectivity index (χ1v) is 10.2. The van der Waals surface area contributed by atoms with Crippen molar-refractivity contribution in [3.63, 3.8) is 0 Å². The van der Waals surface area contributed by atoms with Crippen LogP contribution in [0.25, 0.3) is 0 Å². The molecule has 154 valence electrons. The standard InChI is InChI=1S/C23H22ClFN4O/c24-18-7-4-16(5-8-18)13-26-21-10-11-29(15-21)22-9-6-17(14-27-22)23(30)28-20-3-1-2-19(25)12-20/h1-9,12,14,21,26H,10-11,13,15H2,(H,28,30)/t21-/m0/s1. The van der Waals surface area contributed by atoms with Gasteiger partial charge in [-0.2, -0.15) is 0 Å². The summed E-state index contributed by atoms with van der Waals surface area (Å²) >= 11 is 5.93. The third kappa shape index (κ3) is 5.14. The Morgan fingerprint density at radius 3 is 2.73 bits per heavy atom. The minimum atomic E-state index is -0.394. The second kappa shape index (κ2) is 9.24. The molecule has 1 aliphatic rings. The van der Waals surface area contributed by atoms with Crippen LogP contribution < -0.4 is 15.5 Å². The molecule has 1 saturated heterocycles. The Hall–Kier alpha value is -2.96. The second-order valence-electron chi connectivity index (χ2n) is 7.31. The number of pyridine rings is 1. The topological polar surface area (TPSA) is 57.3 Å². The van der Waals surface area contributed by atoms with E-state index in [-0.39, 0.29) is 5.91 Å². The molecule has 7 heteroatoms. The number of anilines is 2. The predicted molar refractivity (Wildman–Crippen MR) is 117 cm³/mol. The van der Waals surface area contributed by atoms with Gasteiger partial charge in [-0.25, -0.2) is 9.37 Å². The zero-order valence-electron chi connectivity index (χ0n) is 16.3. The van der Waals surface area contributed by atoms with Crippen LogP contribution in [-0.4, -0.2) is 30.0 Å². The quantitative estimate of drug-likeness (QED) is 0.612. The van der Waals surface area contributed by atoms with Crippen molar-refractivity contribution in [2.45, 2.75) is 19.0 Å². The van der Waals surface area contributed by atoms with E-state index in [1.54, 1.807) is 24.4 Å². The molecule has 4 rings (SSSR count). The summed E-state index contributed by atoms with van der Waals surface area (Å²) in [6, 6.07) is 17.6. The number of amides is 1. The van der Waals surface area contributed by atoms with Gasteiger partial charge in [0.1, 0.15) is 11.6 Å². The third-order valence-corrected chi connectivity index (χ3v) is 5.36. The van der Waals surface area contributed by atoms with E-state index in [0.29, 0.717) is 17.3 Å². The lowest BCUT2D eigenvalue weighted by atomic mass is 10.2. The van der Waals surface area contributed by atoms with Crippen molar-refractivity contribution in [2.24, 2.45) is 0 Å². The van der Waals surface area contributed by atoms with Crippen LogP contribution >= 0.6 is 11.6 Å². The Balaban J connectivity index is 1.30. The number of carbonyl (C=O) groups excluding carboxylic acids is 1. The molecule has 1 atom stereocenters. The summed E-state index contributed by atoms with van der Waals surface area (Å²) in [6.07, 6.45) is 2.58. The molecule has 0 radical (unpaired) electrons. The summed E-state index contributed by atoms with van der Waals surface area (Å²) in [5, 5.41) is 6.99. The molecule has 2 N–H and O–H groups in total. The van der Waals surface area contributed by atoms with Gasteiger partial charge >= 0.3 is 0 Å². The summed E-state index contributed by atoms with van der Waals surface area (Å²) < 4.78 is 13.3. The first kappa shape index (κ1) is 20.3. The van der Waals surface area contributed by atoms with Crippen molar-refractivity contribution in [1.29, 1.82) is 0 Å². The maximum atomic E-state index is 13.3. The van der Waals surface area contributed by atoms with E-state index in [2.05, 4.69) is 20.5 Å². The van der Waals surface area contributed by atoms with Gasteiger partial charge in [0, 0.05) is 42.6 Å². The number of hydrogen-bond acceptors (Lipinski definition) is 4. The summed E-state index contributed by atoms with van der Waals surface area (Å²) in [4.78, 5) is 19.0. The van der Waals surface area contributed by atoms with Gasteiger partial charge in [-0.1, -0.05) is 29.8 Å². The van der Waals surface area contributed by atoms with Crippen LogP contribution in [0.3, 0.4) is 0 Å². The molecule has 0 aliphatic carbocycles. The van der Waals surface area contributed by atoms with E-state index in [4.69, 9.17) is 11.6 Å². The van der Waals surface area contributed by atoms with Crippen LogP contribution in [0.1, 0.15) is 22.3 Å². The lowest BCUT2D eigenvalue weighted by molar-refractivity contribution is 0.102. The summed E-state index contributed by atoms with van der Waals surface area (Å²) in [5.41, 5.74) is 2.04. The fourth-order valence-electron chi connectivity index (χ4n) is 3.48. The lowest BCUT2D eigenvalue weighted by Gasteiger charge is -2.18. The van der Waals surface area contributed by atoms with Crippen LogP contribution in [-0.2, 0) is 6.54 Å². The van der Waals surface area contributed by atoms with Crippen molar-refractivity contribution in [3.05, 3.63) is 88.8 Å². The van der Waals surface area contributed by atoms with E-state index in [1.165, 1.54) is 17.7 Å². The van der Waals surface area contributed by atoms with Crippen molar-refractivity contribution >= 4 is 29.0 Å². The van der Waals surface area contributed by atoms with E-state index < -0.39 is 5.82 Å². The zero-order chi connectivity index (χ0) is 20.9. The SMILES string of the molecule is O=C(Nc1cccc(F)c1)c1ccc(N2CC[C@H](NCc3ccc(Cl)cc3)C2)nc1. The molecule has 3 aromatic rings. The normalized spacial score (nSPS) is 15.9. The van der Waals surface area contributed by atoms with Gasteiger partial charge in [0.2, 0.25) is 0 Å². The van der Waals surface area contributed by atoms with Gasteiger partial charge in [0.05, 0.1) is 5.56 Å². The highest BCUT2D eigenvalue weighted by molar-refractivity contribution is 6.30. The fraction of sp³-hybridized carbons (Fsp3) is 0.217. The molecule has 1 aliphatic heterocycles. The Kier molecular flexibility index (Phi) is 6.26. The van der Waals surface area contributed by atoms with Crippen LogP contribution in [0.2, 0.25) is 5.02 Å². The first-order chi connectivity index (χ1) is 14.6. The van der Waals surface area contributed by atoms with Crippen molar-refractivity contribution in [1.82, 2.24) is 10.3 Å². The Morgan fingerprint density at radius 1 is 1.17 bits per heavy atom. The number of hydrogen-bond donors (Lipinski definition) is 2. The molecule has 2 heterocycles. The number of nitrogens with one attached hydrogen (secondary N) is 2. The molecule has 1 amide bonds. The summed E-state index contributed by atoms with van der Waals surface area (Å²) in [5.74, 6) is 0.131. The van der Waals surface area contributed by atoms with Crippen molar-refractivity contribution in [2.75, 3.05) is 23.3 Å². The molecule has 1 fully saturated rings. The van der Waals surface area contributed by atoms with Crippen LogP contribution in [0.5, 0.6) is 0 Å². The zero-order valence-corrected chi connectivity index (χ0v) is 17.1. The highest BCUT2D eigenvalue weighted by atomic mass is 35.5. The number of rotatable bonds is 6. The number of nitrogens with zero attached hydrogens (tertiary/aromatic N) is 2. The van der Waals surface area contributed by atoms with Crippen LogP contribution in [0.4, 0.5) is 15.9 Å². The number of carbonyl (C=O) groups is 1. The molecule has 0 unspecified atom stereocenters. The van der Waals surface area contributed by atoms with Gasteiger partial charge in [-0.05, 0) is 54.4 Å². The molecule has 0 saturated carbocycles. The highest BCUT2D eigenvalue weighted by Gasteiger charge is 2.23. The minimum Gasteiger partial charge on any atom is -0.355 e. The van der Waals surface area contributed by atoms with Crippen LogP contribution in [0, 0.1) is 5.82 Å². The van der Waals surface area contributed by atoms with E-state index >= 15 is 0 Å². The molecule has 30 heavy (non-hydrogen) atoms. The monoisotopic (exact) mass is 424 g/mol. The van der Waals surface area contributed by atoms with Crippen LogP contribution in [0.15, 0.2) is 66.9 Å². The summed E-state index contributed by atoms with van der Waals surface area (Å²) in [6.45, 7) is 2.55. The van der Waals surface area contributed by atoms with Gasteiger partial charge in [-0.3, -0.25) is 4.79 Å². The predicted octanol–water partition coefficient (Wildman–Crippen LogP) is 4.49. The van der Waals surface area contributed by atoms with E-state index in [1.807, 2.05) is 30.3 Å². The molecule has 0 spiro atoms. The third-order valence-electron chi connectivity index (χ3n) is 5.11. The number of halogens is 2. The largest absolute Gasteiger partial charge is 0.355 e. The van der Waals surface area contributed by atoms with Gasteiger partial charge < -0.3 is 15.5 Å². The molecular weight excluding hydrogens is 403 g/mol. The number of benzene rings is 2. The number of aromatic nitrogens is 1. The summed E-state index contributed by atoms with van der Waals surface area (Å²) in [7, 11) is 0. The maximum absolute atomic E-state index is 13.3. The highest BCUT2D eigenvalue weighted by Crippen LogP contribution is 2.19. The maximum Gasteiger partial charge on any atom is 0.257 e. The van der Waals surface area contributed by atoms with Gasteiger partial charge in [0.25, 0.3) is 5.91 Å². The average molecular weight is 425 g/mol. The molecular formula is C23H22ClFN4O. The smallest absolute Gasteiger partial charge is 0.257 e. The fourth-order valence-corrected chi connectivity index (χ4v) is 3.60. The minimum absolute atomic E-state index is 0.316. The van der Waals surface area contributed by atoms with Crippen molar-refractivity contribution in [3.8, 4) is 0 Å². The molecule has 1 aromatic heterocycles. The lowest BCUT2D eigenvalue weighted by Crippen LogP contribution is -2.32. The van der Waals surface area contributed by atoms with E-state index in [0.717, 1.165) is 36.9 Å². The first-order valence-electron chi connectivity index (χ1n) is 9.82. The molecule has 0 bridgehead atoms. The molecule has 5 nitrogen and oxygen atoms in total. The molecule has 2 aromatic carbocycles. The van der Waals surface area contributed by atoms with Gasteiger partial charge in [-0.15, -0.1) is 0 Å².